The van der Waals surface area contributed by atoms with Crippen LogP contribution in [0.2, 0.25) is 0 Å². The average Bonchev–Trinajstić information content (AvgIpc) is 2.80. The molecular formula is C23H19N5O2. The van der Waals surface area contributed by atoms with Crippen molar-refractivity contribution in [3.8, 4) is 17.2 Å². The zero-order chi connectivity index (χ0) is 20.7. The molecule has 2 aromatic heterocycles. The third-order valence-electron chi connectivity index (χ3n) is 5.98. The summed E-state index contributed by atoms with van der Waals surface area (Å²) in [5, 5.41) is 9.16. The van der Waals surface area contributed by atoms with Gasteiger partial charge < -0.3 is 9.47 Å². The highest BCUT2D eigenvalue weighted by Gasteiger charge is 2.37. The molecule has 2 atom stereocenters. The van der Waals surface area contributed by atoms with E-state index in [1.54, 1.807) is 24.4 Å². The topological polar surface area (TPSA) is 91.9 Å². The number of hydrogen-bond donors (Lipinski definition) is 0. The normalized spacial score (nSPS) is 19.6. The summed E-state index contributed by atoms with van der Waals surface area (Å²) < 4.78 is 1.86. The van der Waals surface area contributed by atoms with Gasteiger partial charge in [0.15, 0.2) is 0 Å². The summed E-state index contributed by atoms with van der Waals surface area (Å²) in [6.07, 6.45) is 5.53. The summed E-state index contributed by atoms with van der Waals surface area (Å²) in [4.78, 5) is 36.1. The van der Waals surface area contributed by atoms with Gasteiger partial charge in [0.1, 0.15) is 5.69 Å². The van der Waals surface area contributed by atoms with Crippen LogP contribution in [-0.4, -0.2) is 38.4 Å². The Morgan fingerprint density at radius 3 is 2.83 bits per heavy atom. The third-order valence-corrected chi connectivity index (χ3v) is 5.98. The Morgan fingerprint density at radius 1 is 1.13 bits per heavy atom. The molecule has 0 radical (unpaired) electrons. The van der Waals surface area contributed by atoms with Crippen molar-refractivity contribution >= 4 is 5.91 Å². The lowest BCUT2D eigenvalue weighted by atomic mass is 9.82. The molecule has 5 rings (SSSR count). The average molecular weight is 397 g/mol. The van der Waals surface area contributed by atoms with E-state index in [0.29, 0.717) is 36.5 Å². The van der Waals surface area contributed by atoms with Gasteiger partial charge in [0, 0.05) is 49.2 Å². The van der Waals surface area contributed by atoms with Crippen LogP contribution in [0.1, 0.15) is 34.1 Å². The number of likely N-dealkylation sites (tertiary alicyclic amines) is 1. The van der Waals surface area contributed by atoms with Gasteiger partial charge in [-0.15, -0.1) is 0 Å². The van der Waals surface area contributed by atoms with E-state index in [4.69, 9.17) is 5.26 Å². The largest absolute Gasteiger partial charge is 0.336 e. The molecule has 0 saturated carbocycles. The second-order valence-corrected chi connectivity index (χ2v) is 7.88. The summed E-state index contributed by atoms with van der Waals surface area (Å²) in [5.74, 6) is 0.221. The Balaban J connectivity index is 1.48. The number of pyridine rings is 1. The van der Waals surface area contributed by atoms with Crippen LogP contribution in [-0.2, 0) is 6.54 Å². The number of carbonyl (C=O) groups excluding carboxylic acids is 1. The number of rotatable bonds is 2. The number of amides is 1. The number of benzene rings is 1. The molecule has 2 aliphatic rings. The van der Waals surface area contributed by atoms with E-state index < -0.39 is 0 Å². The van der Waals surface area contributed by atoms with E-state index in [1.807, 2.05) is 27.7 Å². The molecule has 0 unspecified atom stereocenters. The maximum Gasteiger partial charge on any atom is 0.274 e. The van der Waals surface area contributed by atoms with Crippen molar-refractivity contribution in [2.24, 2.45) is 5.92 Å². The predicted molar refractivity (Wildman–Crippen MR) is 110 cm³/mol. The smallest absolute Gasteiger partial charge is 0.274 e. The molecule has 0 spiro atoms. The first-order valence-electron chi connectivity index (χ1n) is 9.93. The van der Waals surface area contributed by atoms with Gasteiger partial charge in [-0.2, -0.15) is 5.26 Å². The lowest BCUT2D eigenvalue weighted by Gasteiger charge is -2.42. The minimum atomic E-state index is -0.112. The fourth-order valence-electron chi connectivity index (χ4n) is 4.66. The maximum atomic E-state index is 13.3. The molecule has 148 valence electrons. The number of hydrogen-bond acceptors (Lipinski definition) is 5. The summed E-state index contributed by atoms with van der Waals surface area (Å²) in [6.45, 7) is 1.75. The lowest BCUT2D eigenvalue weighted by Crippen LogP contribution is -2.49. The summed E-state index contributed by atoms with van der Waals surface area (Å²) in [7, 11) is 0. The Bertz CT molecular complexity index is 1230. The number of aromatic nitrogens is 3. The van der Waals surface area contributed by atoms with Crippen molar-refractivity contribution in [3.63, 3.8) is 0 Å². The van der Waals surface area contributed by atoms with Crippen molar-refractivity contribution < 1.29 is 4.79 Å². The monoisotopic (exact) mass is 397 g/mol. The molecule has 30 heavy (non-hydrogen) atoms. The van der Waals surface area contributed by atoms with Gasteiger partial charge in [-0.1, -0.05) is 12.1 Å². The molecule has 1 saturated heterocycles. The molecule has 1 fully saturated rings. The van der Waals surface area contributed by atoms with E-state index in [9.17, 15) is 9.59 Å². The van der Waals surface area contributed by atoms with Crippen molar-refractivity contribution in [1.29, 1.82) is 5.26 Å². The van der Waals surface area contributed by atoms with Crippen LogP contribution in [0.5, 0.6) is 0 Å². The first-order valence-corrected chi connectivity index (χ1v) is 9.93. The van der Waals surface area contributed by atoms with Gasteiger partial charge in [-0.3, -0.25) is 14.6 Å². The van der Waals surface area contributed by atoms with Crippen LogP contribution in [0, 0.1) is 17.2 Å². The Hall–Kier alpha value is -3.79. The van der Waals surface area contributed by atoms with Crippen molar-refractivity contribution in [2.75, 3.05) is 13.1 Å². The van der Waals surface area contributed by atoms with Gasteiger partial charge in [0.05, 0.1) is 17.8 Å². The Kier molecular flexibility index (Phi) is 4.40. The molecule has 1 amide bonds. The van der Waals surface area contributed by atoms with Gasteiger partial charge >= 0.3 is 0 Å². The fraction of sp³-hybridized carbons (Fsp3) is 0.261. The van der Waals surface area contributed by atoms with Crippen LogP contribution < -0.4 is 5.56 Å². The van der Waals surface area contributed by atoms with E-state index in [-0.39, 0.29) is 23.3 Å². The SMILES string of the molecule is N#Cc1cccc(-c2ccc3n(c2=O)C[C@@H]2C[C@@H]3CN(C(=O)c3cnccn3)C2)c1. The highest BCUT2D eigenvalue weighted by atomic mass is 16.2. The summed E-state index contributed by atoms with van der Waals surface area (Å²) in [6, 6.07) is 13.1. The zero-order valence-corrected chi connectivity index (χ0v) is 16.2. The van der Waals surface area contributed by atoms with Crippen molar-refractivity contribution in [2.45, 2.75) is 18.9 Å². The highest BCUT2D eigenvalue weighted by Crippen LogP contribution is 2.36. The molecule has 1 aromatic carbocycles. The minimum Gasteiger partial charge on any atom is -0.336 e. The number of piperidine rings is 1. The number of nitriles is 1. The lowest BCUT2D eigenvalue weighted by molar-refractivity contribution is 0.0588. The second kappa shape index (κ2) is 7.23. The van der Waals surface area contributed by atoms with Gasteiger partial charge in [-0.25, -0.2) is 4.98 Å². The second-order valence-electron chi connectivity index (χ2n) is 7.88. The molecule has 2 aliphatic heterocycles. The van der Waals surface area contributed by atoms with Crippen LogP contribution in [0.4, 0.5) is 0 Å². The Labute approximate surface area is 173 Å². The van der Waals surface area contributed by atoms with Gasteiger partial charge in [0.2, 0.25) is 0 Å². The van der Waals surface area contributed by atoms with E-state index >= 15 is 0 Å². The molecule has 7 nitrogen and oxygen atoms in total. The van der Waals surface area contributed by atoms with Crippen LogP contribution in [0.3, 0.4) is 0 Å². The zero-order valence-electron chi connectivity index (χ0n) is 16.2. The van der Waals surface area contributed by atoms with E-state index in [0.717, 1.165) is 17.7 Å². The van der Waals surface area contributed by atoms with E-state index in [1.165, 1.54) is 12.4 Å². The summed E-state index contributed by atoms with van der Waals surface area (Å²) in [5.41, 5.74) is 3.17. The first-order chi connectivity index (χ1) is 14.6. The molecule has 3 aromatic rings. The number of fused-ring (bicyclic) bond motifs is 4. The molecule has 0 aliphatic carbocycles. The maximum absolute atomic E-state index is 13.3. The van der Waals surface area contributed by atoms with Crippen LogP contribution in [0.25, 0.3) is 11.1 Å². The van der Waals surface area contributed by atoms with Gasteiger partial charge in [0.25, 0.3) is 11.5 Å². The Morgan fingerprint density at radius 2 is 2.03 bits per heavy atom. The fourth-order valence-corrected chi connectivity index (χ4v) is 4.66. The first kappa shape index (κ1) is 18.3. The molecule has 4 heterocycles. The van der Waals surface area contributed by atoms with Crippen LogP contribution in [0.15, 0.2) is 59.8 Å². The van der Waals surface area contributed by atoms with Gasteiger partial charge in [-0.05, 0) is 42.2 Å². The van der Waals surface area contributed by atoms with E-state index in [2.05, 4.69) is 16.0 Å². The molecule has 7 heteroatoms. The quantitative estimate of drug-likeness (QED) is 0.662. The highest BCUT2D eigenvalue weighted by molar-refractivity contribution is 5.92. The molecule has 0 N–H and O–H groups in total. The van der Waals surface area contributed by atoms with Crippen molar-refractivity contribution in [3.05, 3.63) is 82.3 Å². The number of nitrogens with zero attached hydrogens (tertiary/aromatic N) is 5. The molecule has 2 bridgehead atoms. The third kappa shape index (κ3) is 3.07. The van der Waals surface area contributed by atoms with Crippen molar-refractivity contribution in [1.82, 2.24) is 19.4 Å². The van der Waals surface area contributed by atoms with Crippen LogP contribution >= 0.6 is 0 Å². The minimum absolute atomic E-state index is 0.0361. The predicted octanol–water partition coefficient (Wildman–Crippen LogP) is 2.44. The molecular weight excluding hydrogens is 378 g/mol. The summed E-state index contributed by atoms with van der Waals surface area (Å²) >= 11 is 0. The number of carbonyl (C=O) groups is 1. The standard InChI is InChI=1S/C23H19N5O2/c24-10-15-2-1-3-17(8-15)19-4-5-21-18-9-16(13-28(21)22(19)29)12-27(14-18)23(30)20-11-25-6-7-26-20/h1-8,11,16,18H,9,12-14H2/t16-,18-/m1/s1.